The maximum atomic E-state index is 6.93. The Morgan fingerprint density at radius 2 is 1.15 bits per heavy atom. The van der Waals surface area contributed by atoms with E-state index in [4.69, 9.17) is 14.4 Å². The fourth-order valence-electron chi connectivity index (χ4n) is 9.10. The van der Waals surface area contributed by atoms with Crippen LogP contribution in [0, 0.1) is 6.92 Å². The fraction of sp³-hybridized carbons (Fsp3) is 0.0800. The lowest BCUT2D eigenvalue weighted by Gasteiger charge is -2.21. The molecule has 1 aliphatic rings. The van der Waals surface area contributed by atoms with E-state index in [1.54, 1.807) is 0 Å². The van der Waals surface area contributed by atoms with Gasteiger partial charge < -0.3 is 8.98 Å². The van der Waals surface area contributed by atoms with Crippen LogP contribution < -0.4 is 0 Å². The molecule has 7 aromatic carbocycles. The van der Waals surface area contributed by atoms with E-state index in [1.165, 1.54) is 33.0 Å². The maximum absolute atomic E-state index is 6.93. The number of furan rings is 1. The highest BCUT2D eigenvalue weighted by molar-refractivity contribution is 6.19. The van der Waals surface area contributed by atoms with E-state index in [0.717, 1.165) is 72.3 Å². The molecule has 0 atom stereocenters. The zero-order valence-electron chi connectivity index (χ0n) is 30.3. The van der Waals surface area contributed by atoms with Crippen LogP contribution in [-0.4, -0.2) is 14.5 Å². The second kappa shape index (κ2) is 11.4. The quantitative estimate of drug-likeness (QED) is 0.184. The smallest absolute Gasteiger partial charge is 0.161 e. The van der Waals surface area contributed by atoms with Gasteiger partial charge in [0.15, 0.2) is 11.4 Å². The molecule has 0 spiro atoms. The average molecular weight is 694 g/mol. The lowest BCUT2D eigenvalue weighted by Crippen LogP contribution is -2.14. The van der Waals surface area contributed by atoms with Crippen molar-refractivity contribution in [1.82, 2.24) is 14.5 Å². The van der Waals surface area contributed by atoms with Crippen LogP contribution in [0.25, 0.3) is 94.5 Å². The van der Waals surface area contributed by atoms with Crippen molar-refractivity contribution in [3.05, 3.63) is 174 Å². The van der Waals surface area contributed by atoms with E-state index in [1.807, 2.05) is 12.1 Å². The Morgan fingerprint density at radius 3 is 1.91 bits per heavy atom. The van der Waals surface area contributed by atoms with Crippen molar-refractivity contribution in [2.24, 2.45) is 0 Å². The van der Waals surface area contributed by atoms with Crippen LogP contribution in [0.1, 0.15) is 30.5 Å². The number of benzene rings is 7. The predicted molar refractivity (Wildman–Crippen MR) is 222 cm³/mol. The van der Waals surface area contributed by atoms with E-state index in [0.29, 0.717) is 5.82 Å². The van der Waals surface area contributed by atoms with Crippen molar-refractivity contribution in [2.75, 3.05) is 0 Å². The Balaban J connectivity index is 1.19. The molecule has 0 fully saturated rings. The first-order chi connectivity index (χ1) is 26.5. The van der Waals surface area contributed by atoms with Gasteiger partial charge in [0.25, 0.3) is 0 Å². The summed E-state index contributed by atoms with van der Waals surface area (Å²) in [5, 5.41) is 4.56. The molecule has 4 nitrogen and oxygen atoms in total. The highest BCUT2D eigenvalue weighted by Crippen LogP contribution is 2.53. The van der Waals surface area contributed by atoms with Gasteiger partial charge in [-0.2, -0.15) is 0 Å². The number of nitrogens with zero attached hydrogens (tertiary/aromatic N) is 3. The van der Waals surface area contributed by atoms with Crippen LogP contribution in [0.4, 0.5) is 0 Å². The number of aromatic nitrogens is 3. The van der Waals surface area contributed by atoms with Crippen molar-refractivity contribution in [3.63, 3.8) is 0 Å². The predicted octanol–water partition coefficient (Wildman–Crippen LogP) is 13.1. The zero-order valence-corrected chi connectivity index (χ0v) is 30.3. The van der Waals surface area contributed by atoms with Gasteiger partial charge in [-0.25, -0.2) is 9.97 Å². The molecule has 0 N–H and O–H groups in total. The Bertz CT molecular complexity index is 3070. The molecular weight excluding hydrogens is 659 g/mol. The first-order valence-corrected chi connectivity index (χ1v) is 18.6. The molecule has 4 heteroatoms. The van der Waals surface area contributed by atoms with Gasteiger partial charge in [0.05, 0.1) is 28.1 Å². The lowest BCUT2D eigenvalue weighted by molar-refractivity contribution is 0.660. The molecule has 256 valence electrons. The van der Waals surface area contributed by atoms with E-state index in [2.05, 4.69) is 171 Å². The minimum atomic E-state index is -0.0860. The Kier molecular flexibility index (Phi) is 6.48. The van der Waals surface area contributed by atoms with E-state index < -0.39 is 0 Å². The van der Waals surface area contributed by atoms with Crippen LogP contribution in [-0.2, 0) is 5.41 Å². The largest absolute Gasteiger partial charge is 0.454 e. The van der Waals surface area contributed by atoms with Gasteiger partial charge in [-0.1, -0.05) is 147 Å². The summed E-state index contributed by atoms with van der Waals surface area (Å²) in [6.45, 7) is 6.81. The molecule has 1 aliphatic carbocycles. The van der Waals surface area contributed by atoms with Crippen molar-refractivity contribution in [1.29, 1.82) is 0 Å². The van der Waals surface area contributed by atoms with Gasteiger partial charge >= 0.3 is 0 Å². The number of hydrogen-bond donors (Lipinski definition) is 0. The summed E-state index contributed by atoms with van der Waals surface area (Å²) in [4.78, 5) is 10.6. The molecular formula is C50H35N3O. The molecule has 0 amide bonds. The Hall–Kier alpha value is -6.78. The molecule has 0 saturated heterocycles. The van der Waals surface area contributed by atoms with Crippen molar-refractivity contribution < 1.29 is 4.42 Å². The summed E-state index contributed by atoms with van der Waals surface area (Å²) >= 11 is 0. The second-order valence-corrected chi connectivity index (χ2v) is 14.9. The minimum Gasteiger partial charge on any atom is -0.454 e. The molecule has 10 aromatic rings. The first kappa shape index (κ1) is 30.8. The molecule has 0 bridgehead atoms. The van der Waals surface area contributed by atoms with Crippen molar-refractivity contribution >= 4 is 43.7 Å². The van der Waals surface area contributed by atoms with E-state index >= 15 is 0 Å². The van der Waals surface area contributed by atoms with E-state index in [-0.39, 0.29) is 5.41 Å². The Morgan fingerprint density at radius 1 is 0.519 bits per heavy atom. The summed E-state index contributed by atoms with van der Waals surface area (Å²) in [7, 11) is 0. The highest BCUT2D eigenvalue weighted by Gasteiger charge is 2.37. The molecule has 0 saturated carbocycles. The summed E-state index contributed by atoms with van der Waals surface area (Å²) in [6, 6.07) is 55.9. The molecule has 3 heterocycles. The minimum absolute atomic E-state index is 0.0860. The number of para-hydroxylation sites is 2. The second-order valence-electron chi connectivity index (χ2n) is 14.9. The first-order valence-electron chi connectivity index (χ1n) is 18.6. The average Bonchev–Trinajstić information content (AvgIpc) is 3.84. The van der Waals surface area contributed by atoms with Gasteiger partial charge in [-0.3, -0.25) is 0 Å². The molecule has 0 aliphatic heterocycles. The summed E-state index contributed by atoms with van der Waals surface area (Å²) in [5.74, 6) is 0.672. The maximum Gasteiger partial charge on any atom is 0.161 e. The van der Waals surface area contributed by atoms with Crippen LogP contribution >= 0.6 is 0 Å². The Labute approximate surface area is 313 Å². The van der Waals surface area contributed by atoms with Gasteiger partial charge in [0, 0.05) is 49.2 Å². The number of rotatable bonds is 4. The fourth-order valence-corrected chi connectivity index (χ4v) is 9.10. The lowest BCUT2D eigenvalue weighted by atomic mass is 9.82. The van der Waals surface area contributed by atoms with Gasteiger partial charge in [0.2, 0.25) is 0 Å². The third-order valence-corrected chi connectivity index (χ3v) is 11.6. The van der Waals surface area contributed by atoms with Gasteiger partial charge in [-0.05, 0) is 53.4 Å². The normalized spacial score (nSPS) is 13.2. The van der Waals surface area contributed by atoms with Crippen LogP contribution in [0.15, 0.2) is 162 Å². The molecule has 11 rings (SSSR count). The standard InChI is InChI=1S/C50H35N3O/c1-30-46(31-16-6-4-7-17-31)51-49(52-47(30)32-18-8-5-9-19-32)36-23-15-27-42-43(36)35-22-14-26-41(48(35)54-42)53-39-25-13-11-21-34(39)45-40(53)29-28-38-44(45)33-20-10-12-24-37(33)50(38,2)3/h4-29H,1-3H3. The molecule has 54 heavy (non-hydrogen) atoms. The van der Waals surface area contributed by atoms with E-state index in [9.17, 15) is 0 Å². The van der Waals surface area contributed by atoms with Crippen LogP contribution in [0.3, 0.4) is 0 Å². The SMILES string of the molecule is Cc1c(-c2ccccc2)nc(-c2cccc3oc4c(-n5c6ccccc6c6c7c(ccc65)C(C)(C)c5ccccc5-7)cccc4c23)nc1-c1ccccc1. The molecule has 3 aromatic heterocycles. The van der Waals surface area contributed by atoms with Gasteiger partial charge in [-0.15, -0.1) is 0 Å². The monoisotopic (exact) mass is 693 g/mol. The topological polar surface area (TPSA) is 43.9 Å². The van der Waals surface area contributed by atoms with Crippen LogP contribution in [0.2, 0.25) is 0 Å². The summed E-state index contributed by atoms with van der Waals surface area (Å²) in [5.41, 5.74) is 16.2. The summed E-state index contributed by atoms with van der Waals surface area (Å²) < 4.78 is 9.32. The highest BCUT2D eigenvalue weighted by atomic mass is 16.3. The van der Waals surface area contributed by atoms with Crippen LogP contribution in [0.5, 0.6) is 0 Å². The van der Waals surface area contributed by atoms with Crippen molar-refractivity contribution in [3.8, 4) is 50.7 Å². The zero-order chi connectivity index (χ0) is 36.1. The molecule has 0 unspecified atom stereocenters. The van der Waals surface area contributed by atoms with Gasteiger partial charge in [0.1, 0.15) is 5.58 Å². The number of hydrogen-bond acceptors (Lipinski definition) is 3. The number of fused-ring (bicyclic) bond motifs is 10. The van der Waals surface area contributed by atoms with Crippen molar-refractivity contribution in [2.45, 2.75) is 26.2 Å². The third-order valence-electron chi connectivity index (χ3n) is 11.6. The summed E-state index contributed by atoms with van der Waals surface area (Å²) in [6.07, 6.45) is 0. The third kappa shape index (κ3) is 4.25. The molecule has 0 radical (unpaired) electrons.